The standard InChI is InChI=1S/C15H21NO5/c1-19-12-7-10(8-13(20-2)14(12)21-3)15(18)16-6-4-5-11(16)9-17/h7-8,11,17H,4-6,9H2,1-3H3/t11-/m0/s1. The lowest BCUT2D eigenvalue weighted by molar-refractivity contribution is 0.0677. The molecule has 2 rings (SSSR count). The van der Waals surface area contributed by atoms with Gasteiger partial charge in [0, 0.05) is 12.1 Å². The quantitative estimate of drug-likeness (QED) is 0.887. The van der Waals surface area contributed by atoms with Crippen LogP contribution in [0.3, 0.4) is 0 Å². The van der Waals surface area contributed by atoms with Gasteiger partial charge in [-0.05, 0) is 25.0 Å². The number of carbonyl (C=O) groups is 1. The second kappa shape index (κ2) is 6.67. The molecule has 1 amide bonds. The Morgan fingerprint density at radius 1 is 1.24 bits per heavy atom. The molecule has 0 saturated carbocycles. The lowest BCUT2D eigenvalue weighted by Crippen LogP contribution is -2.37. The lowest BCUT2D eigenvalue weighted by Gasteiger charge is -2.24. The average Bonchev–Trinajstić information content (AvgIpc) is 3.01. The lowest BCUT2D eigenvalue weighted by atomic mass is 10.1. The minimum absolute atomic E-state index is 0.0177. The minimum Gasteiger partial charge on any atom is -0.493 e. The molecule has 6 nitrogen and oxygen atoms in total. The summed E-state index contributed by atoms with van der Waals surface area (Å²) >= 11 is 0. The van der Waals surface area contributed by atoms with E-state index in [-0.39, 0.29) is 18.6 Å². The second-order valence-electron chi connectivity index (χ2n) is 4.89. The number of hydrogen-bond donors (Lipinski definition) is 1. The molecule has 0 aliphatic carbocycles. The monoisotopic (exact) mass is 295 g/mol. The number of benzene rings is 1. The molecule has 0 bridgehead atoms. The molecular weight excluding hydrogens is 274 g/mol. The molecule has 0 spiro atoms. The van der Waals surface area contributed by atoms with Gasteiger partial charge >= 0.3 is 0 Å². The summed E-state index contributed by atoms with van der Waals surface area (Å²) in [4.78, 5) is 14.3. The zero-order chi connectivity index (χ0) is 15.4. The fourth-order valence-electron chi connectivity index (χ4n) is 2.66. The number of ether oxygens (including phenoxy) is 3. The Hall–Kier alpha value is -1.95. The predicted molar refractivity (Wildman–Crippen MR) is 77.2 cm³/mol. The topological polar surface area (TPSA) is 68.2 Å². The molecule has 1 N–H and O–H groups in total. The molecule has 116 valence electrons. The van der Waals surface area contributed by atoms with Crippen molar-refractivity contribution in [1.29, 1.82) is 0 Å². The number of aliphatic hydroxyl groups is 1. The maximum atomic E-state index is 12.6. The van der Waals surface area contributed by atoms with Crippen LogP contribution in [0.1, 0.15) is 23.2 Å². The molecule has 1 saturated heterocycles. The number of amides is 1. The van der Waals surface area contributed by atoms with Crippen molar-refractivity contribution in [1.82, 2.24) is 4.90 Å². The minimum atomic E-state index is -0.134. The Bertz CT molecular complexity index is 492. The summed E-state index contributed by atoms with van der Waals surface area (Å²) in [6.45, 7) is 0.636. The highest BCUT2D eigenvalue weighted by molar-refractivity contribution is 5.96. The summed E-state index contributed by atoms with van der Waals surface area (Å²) in [7, 11) is 4.54. The molecule has 1 heterocycles. The fourth-order valence-corrected chi connectivity index (χ4v) is 2.66. The summed E-state index contributed by atoms with van der Waals surface area (Å²) in [5, 5.41) is 9.35. The van der Waals surface area contributed by atoms with E-state index in [9.17, 15) is 9.90 Å². The van der Waals surface area contributed by atoms with Crippen molar-refractivity contribution in [2.75, 3.05) is 34.5 Å². The van der Waals surface area contributed by atoms with Crippen molar-refractivity contribution in [3.8, 4) is 17.2 Å². The number of methoxy groups -OCH3 is 3. The summed E-state index contributed by atoms with van der Waals surface area (Å²) in [5.41, 5.74) is 0.463. The number of aliphatic hydroxyl groups excluding tert-OH is 1. The van der Waals surface area contributed by atoms with Gasteiger partial charge in [0.2, 0.25) is 5.75 Å². The first-order valence-electron chi connectivity index (χ1n) is 6.88. The van der Waals surface area contributed by atoms with Crippen molar-refractivity contribution in [2.45, 2.75) is 18.9 Å². The maximum Gasteiger partial charge on any atom is 0.254 e. The van der Waals surface area contributed by atoms with Crippen molar-refractivity contribution in [2.24, 2.45) is 0 Å². The molecule has 1 aliphatic heterocycles. The Morgan fingerprint density at radius 2 is 1.86 bits per heavy atom. The molecule has 0 radical (unpaired) electrons. The molecule has 1 aromatic rings. The van der Waals surface area contributed by atoms with Crippen LogP contribution in [0.2, 0.25) is 0 Å². The molecule has 1 atom stereocenters. The fraction of sp³-hybridized carbons (Fsp3) is 0.533. The number of likely N-dealkylation sites (tertiary alicyclic amines) is 1. The zero-order valence-electron chi connectivity index (χ0n) is 12.6. The predicted octanol–water partition coefficient (Wildman–Crippen LogP) is 1.31. The van der Waals surface area contributed by atoms with E-state index in [0.29, 0.717) is 29.4 Å². The number of rotatable bonds is 5. The van der Waals surface area contributed by atoms with E-state index in [1.165, 1.54) is 21.3 Å². The van der Waals surface area contributed by atoms with Crippen LogP contribution >= 0.6 is 0 Å². The van der Waals surface area contributed by atoms with Crippen LogP contribution < -0.4 is 14.2 Å². The van der Waals surface area contributed by atoms with Crippen molar-refractivity contribution < 1.29 is 24.1 Å². The van der Waals surface area contributed by atoms with Crippen LogP contribution in [0.5, 0.6) is 17.2 Å². The Balaban J connectivity index is 2.37. The largest absolute Gasteiger partial charge is 0.493 e. The van der Waals surface area contributed by atoms with Crippen molar-refractivity contribution in [3.05, 3.63) is 17.7 Å². The zero-order valence-corrected chi connectivity index (χ0v) is 12.6. The van der Waals surface area contributed by atoms with Crippen LogP contribution in [0.15, 0.2) is 12.1 Å². The summed E-state index contributed by atoms with van der Waals surface area (Å²) in [6.07, 6.45) is 1.73. The first kappa shape index (κ1) is 15.4. The third-order valence-electron chi connectivity index (χ3n) is 3.76. The van der Waals surface area contributed by atoms with E-state index in [4.69, 9.17) is 14.2 Å². The highest BCUT2D eigenvalue weighted by atomic mass is 16.5. The van der Waals surface area contributed by atoms with E-state index in [2.05, 4.69) is 0 Å². The van der Waals surface area contributed by atoms with E-state index in [1.807, 2.05) is 0 Å². The van der Waals surface area contributed by atoms with Gasteiger partial charge in [0.15, 0.2) is 11.5 Å². The second-order valence-corrected chi connectivity index (χ2v) is 4.89. The van der Waals surface area contributed by atoms with E-state index in [1.54, 1.807) is 17.0 Å². The van der Waals surface area contributed by atoms with E-state index in [0.717, 1.165) is 12.8 Å². The van der Waals surface area contributed by atoms with E-state index < -0.39 is 0 Å². The number of nitrogens with zero attached hydrogens (tertiary/aromatic N) is 1. The van der Waals surface area contributed by atoms with Crippen LogP contribution in [-0.2, 0) is 0 Å². The summed E-state index contributed by atoms with van der Waals surface area (Å²) < 4.78 is 15.8. The summed E-state index contributed by atoms with van der Waals surface area (Å²) in [5.74, 6) is 1.21. The van der Waals surface area contributed by atoms with Gasteiger partial charge in [0.1, 0.15) is 0 Å². The van der Waals surface area contributed by atoms with Gasteiger partial charge in [-0.1, -0.05) is 0 Å². The average molecular weight is 295 g/mol. The van der Waals surface area contributed by atoms with E-state index >= 15 is 0 Å². The Kier molecular flexibility index (Phi) is 4.90. The van der Waals surface area contributed by atoms with Gasteiger partial charge in [-0.25, -0.2) is 0 Å². The van der Waals surface area contributed by atoms with Crippen LogP contribution in [-0.4, -0.2) is 56.4 Å². The first-order valence-corrected chi connectivity index (χ1v) is 6.88. The van der Waals surface area contributed by atoms with Crippen LogP contribution in [0.4, 0.5) is 0 Å². The van der Waals surface area contributed by atoms with Gasteiger partial charge in [0.05, 0.1) is 34.0 Å². The van der Waals surface area contributed by atoms with Crippen molar-refractivity contribution >= 4 is 5.91 Å². The molecule has 0 aromatic heterocycles. The SMILES string of the molecule is COc1cc(C(=O)N2CCC[C@H]2CO)cc(OC)c1OC. The van der Waals surface area contributed by atoms with Gasteiger partial charge in [-0.2, -0.15) is 0 Å². The van der Waals surface area contributed by atoms with Gasteiger partial charge in [-0.3, -0.25) is 4.79 Å². The molecule has 21 heavy (non-hydrogen) atoms. The van der Waals surface area contributed by atoms with Gasteiger partial charge in [-0.15, -0.1) is 0 Å². The Morgan fingerprint density at radius 3 is 2.33 bits per heavy atom. The van der Waals surface area contributed by atoms with Gasteiger partial charge in [0.25, 0.3) is 5.91 Å². The first-order chi connectivity index (χ1) is 10.2. The third-order valence-corrected chi connectivity index (χ3v) is 3.76. The maximum absolute atomic E-state index is 12.6. The molecule has 1 fully saturated rings. The van der Waals surface area contributed by atoms with Crippen LogP contribution in [0, 0.1) is 0 Å². The number of hydrogen-bond acceptors (Lipinski definition) is 5. The molecule has 0 unspecified atom stereocenters. The number of carbonyl (C=O) groups excluding carboxylic acids is 1. The smallest absolute Gasteiger partial charge is 0.254 e. The normalized spacial score (nSPS) is 17.7. The highest BCUT2D eigenvalue weighted by Crippen LogP contribution is 2.38. The van der Waals surface area contributed by atoms with Crippen LogP contribution in [0.25, 0.3) is 0 Å². The third kappa shape index (κ3) is 2.90. The van der Waals surface area contributed by atoms with Gasteiger partial charge < -0.3 is 24.2 Å². The molecule has 1 aromatic carbocycles. The molecule has 6 heteroatoms. The summed E-state index contributed by atoms with van der Waals surface area (Å²) in [6, 6.07) is 3.16. The highest BCUT2D eigenvalue weighted by Gasteiger charge is 2.30. The Labute approximate surface area is 124 Å². The van der Waals surface area contributed by atoms with Crippen molar-refractivity contribution in [3.63, 3.8) is 0 Å². The molecular formula is C15H21NO5. The molecule has 1 aliphatic rings.